The van der Waals surface area contributed by atoms with Crippen molar-refractivity contribution >= 4 is 17.5 Å². The van der Waals surface area contributed by atoms with Gasteiger partial charge in [-0.15, -0.1) is 0 Å². The van der Waals surface area contributed by atoms with E-state index in [1.54, 1.807) is 12.3 Å². The van der Waals surface area contributed by atoms with E-state index in [-0.39, 0.29) is 5.91 Å². The summed E-state index contributed by atoms with van der Waals surface area (Å²) in [7, 11) is 0. The van der Waals surface area contributed by atoms with Gasteiger partial charge in [0.2, 0.25) is 5.91 Å². The maximum absolute atomic E-state index is 12.6. The van der Waals surface area contributed by atoms with E-state index in [0.717, 1.165) is 31.5 Å². The smallest absolute Gasteiger partial charge is 0.227 e. The molecule has 1 aromatic carbocycles. The van der Waals surface area contributed by atoms with Crippen molar-refractivity contribution in [2.75, 3.05) is 19.7 Å². The molecule has 2 aromatic rings. The van der Waals surface area contributed by atoms with Crippen LogP contribution >= 0.6 is 11.6 Å². The van der Waals surface area contributed by atoms with Gasteiger partial charge in [-0.05, 0) is 25.8 Å². The Labute approximate surface area is 147 Å². The second-order valence-electron chi connectivity index (χ2n) is 5.96. The van der Waals surface area contributed by atoms with E-state index in [1.807, 2.05) is 36.5 Å². The molecule has 1 fully saturated rings. The number of benzene rings is 1. The van der Waals surface area contributed by atoms with E-state index in [2.05, 4.69) is 9.55 Å². The van der Waals surface area contributed by atoms with E-state index in [4.69, 9.17) is 16.3 Å². The van der Waals surface area contributed by atoms with Gasteiger partial charge in [-0.1, -0.05) is 23.7 Å². The Morgan fingerprint density at radius 1 is 1.38 bits per heavy atom. The van der Waals surface area contributed by atoms with E-state index >= 15 is 0 Å². The Bertz CT molecular complexity index is 680. The highest BCUT2D eigenvalue weighted by molar-refractivity contribution is 6.32. The van der Waals surface area contributed by atoms with Gasteiger partial charge >= 0.3 is 0 Å². The Kier molecular flexibility index (Phi) is 5.41. The highest BCUT2D eigenvalue weighted by Gasteiger charge is 2.24. The molecule has 128 valence electrons. The highest BCUT2D eigenvalue weighted by Crippen LogP contribution is 2.30. The number of imidazole rings is 1. The first-order valence-electron chi connectivity index (χ1n) is 8.34. The summed E-state index contributed by atoms with van der Waals surface area (Å²) in [5.41, 5.74) is 0.853. The number of amides is 1. The van der Waals surface area contributed by atoms with Crippen LogP contribution in [0.25, 0.3) is 0 Å². The maximum atomic E-state index is 12.6. The number of likely N-dealkylation sites (tertiary alicyclic amines) is 1. The molecule has 0 N–H and O–H groups in total. The highest BCUT2D eigenvalue weighted by atomic mass is 35.5. The molecule has 5 nitrogen and oxygen atoms in total. The van der Waals surface area contributed by atoms with E-state index in [1.165, 1.54) is 0 Å². The molecule has 1 aliphatic rings. The predicted molar refractivity (Wildman–Crippen MR) is 93.4 cm³/mol. The zero-order valence-electron chi connectivity index (χ0n) is 13.8. The van der Waals surface area contributed by atoms with Gasteiger partial charge in [0, 0.05) is 37.1 Å². The second kappa shape index (κ2) is 7.71. The molecular formula is C18H22ClN3O2. The summed E-state index contributed by atoms with van der Waals surface area (Å²) in [6.07, 6.45) is 7.87. The molecule has 1 saturated heterocycles. The minimum atomic E-state index is 0.127. The Morgan fingerprint density at radius 2 is 2.17 bits per heavy atom. The molecule has 0 unspecified atom stereocenters. The molecule has 24 heavy (non-hydrogen) atoms. The summed E-state index contributed by atoms with van der Waals surface area (Å²) in [6, 6.07) is 5.99. The summed E-state index contributed by atoms with van der Waals surface area (Å²) in [5, 5.41) is 0.556. The van der Waals surface area contributed by atoms with Gasteiger partial charge in [-0.25, -0.2) is 4.98 Å². The summed E-state index contributed by atoms with van der Waals surface area (Å²) in [4.78, 5) is 18.7. The average molecular weight is 348 g/mol. The average Bonchev–Trinajstić information content (AvgIpc) is 3.13. The molecule has 3 rings (SSSR count). The van der Waals surface area contributed by atoms with Crippen LogP contribution in [0.1, 0.15) is 31.4 Å². The molecular weight excluding hydrogens is 326 g/mol. The molecule has 0 radical (unpaired) electrons. The lowest BCUT2D eigenvalue weighted by Gasteiger charge is -2.32. The van der Waals surface area contributed by atoms with Gasteiger partial charge in [-0.3, -0.25) is 4.79 Å². The van der Waals surface area contributed by atoms with Crippen molar-refractivity contribution in [3.8, 4) is 5.75 Å². The summed E-state index contributed by atoms with van der Waals surface area (Å²) >= 11 is 6.19. The minimum absolute atomic E-state index is 0.127. The first-order chi connectivity index (χ1) is 11.7. The van der Waals surface area contributed by atoms with Crippen LogP contribution in [-0.4, -0.2) is 40.1 Å². The number of hydrogen-bond acceptors (Lipinski definition) is 3. The molecule has 1 aromatic heterocycles. The number of hydrogen-bond donors (Lipinski definition) is 0. The first-order valence-corrected chi connectivity index (χ1v) is 8.72. The van der Waals surface area contributed by atoms with Crippen molar-refractivity contribution in [1.29, 1.82) is 0 Å². The zero-order chi connectivity index (χ0) is 16.9. The molecule has 0 aliphatic carbocycles. The van der Waals surface area contributed by atoms with Crippen molar-refractivity contribution in [1.82, 2.24) is 14.5 Å². The second-order valence-corrected chi connectivity index (χ2v) is 6.37. The minimum Gasteiger partial charge on any atom is -0.492 e. The van der Waals surface area contributed by atoms with Crippen LogP contribution in [0.5, 0.6) is 5.75 Å². The predicted octanol–water partition coefficient (Wildman–Crippen LogP) is 3.34. The van der Waals surface area contributed by atoms with Crippen LogP contribution in [0.15, 0.2) is 36.9 Å². The number of ether oxygens (including phenoxy) is 1. The lowest BCUT2D eigenvalue weighted by atomic mass is 10.0. The van der Waals surface area contributed by atoms with Gasteiger partial charge < -0.3 is 14.2 Å². The Morgan fingerprint density at radius 3 is 2.83 bits per heavy atom. The lowest BCUT2D eigenvalue weighted by Crippen LogP contribution is -2.39. The lowest BCUT2D eigenvalue weighted by molar-refractivity contribution is -0.131. The van der Waals surface area contributed by atoms with E-state index in [0.29, 0.717) is 29.8 Å². The van der Waals surface area contributed by atoms with E-state index in [9.17, 15) is 4.79 Å². The summed E-state index contributed by atoms with van der Waals surface area (Å²) in [5.74, 6) is 0.755. The van der Waals surface area contributed by atoms with Crippen LogP contribution in [0.2, 0.25) is 5.02 Å². The van der Waals surface area contributed by atoms with Gasteiger partial charge in [0.15, 0.2) is 0 Å². The van der Waals surface area contributed by atoms with Crippen molar-refractivity contribution in [3.63, 3.8) is 0 Å². The number of rotatable bonds is 5. The van der Waals surface area contributed by atoms with Gasteiger partial charge in [0.25, 0.3) is 0 Å². The fourth-order valence-electron chi connectivity index (χ4n) is 3.17. The topological polar surface area (TPSA) is 47.4 Å². The molecule has 2 heterocycles. The van der Waals surface area contributed by atoms with Crippen molar-refractivity contribution < 1.29 is 9.53 Å². The van der Waals surface area contributed by atoms with Crippen LogP contribution in [0.3, 0.4) is 0 Å². The number of aromatic nitrogens is 2. The van der Waals surface area contributed by atoms with Crippen molar-refractivity contribution in [3.05, 3.63) is 47.5 Å². The Hall–Kier alpha value is -2.01. The third-order valence-corrected chi connectivity index (χ3v) is 4.74. The SMILES string of the molecule is CCOc1c(Cl)cccc1CC(=O)N1CCC(n2ccnc2)CC1. The van der Waals surface area contributed by atoms with Crippen molar-refractivity contribution in [2.45, 2.75) is 32.2 Å². The third-order valence-electron chi connectivity index (χ3n) is 4.44. The normalized spacial score (nSPS) is 15.5. The third kappa shape index (κ3) is 3.73. The molecule has 0 spiro atoms. The van der Waals surface area contributed by atoms with Gasteiger partial charge in [-0.2, -0.15) is 0 Å². The fraction of sp³-hybridized carbons (Fsp3) is 0.444. The van der Waals surface area contributed by atoms with Gasteiger partial charge in [0.05, 0.1) is 24.4 Å². The number of carbonyl (C=O) groups is 1. The number of para-hydroxylation sites is 1. The number of carbonyl (C=O) groups excluding carboxylic acids is 1. The zero-order valence-corrected chi connectivity index (χ0v) is 14.6. The Balaban J connectivity index is 1.61. The monoisotopic (exact) mass is 347 g/mol. The number of piperidine rings is 1. The maximum Gasteiger partial charge on any atom is 0.227 e. The molecule has 0 saturated carbocycles. The van der Waals surface area contributed by atoms with Crippen LogP contribution in [0.4, 0.5) is 0 Å². The first kappa shape index (κ1) is 16.8. The molecule has 6 heteroatoms. The van der Waals surface area contributed by atoms with Crippen LogP contribution in [-0.2, 0) is 11.2 Å². The molecule has 1 amide bonds. The summed E-state index contributed by atoms with van der Waals surface area (Å²) in [6.45, 7) is 3.98. The van der Waals surface area contributed by atoms with Gasteiger partial charge in [0.1, 0.15) is 5.75 Å². The summed E-state index contributed by atoms with van der Waals surface area (Å²) < 4.78 is 7.74. The number of halogens is 1. The molecule has 0 atom stereocenters. The van der Waals surface area contributed by atoms with Crippen LogP contribution in [0, 0.1) is 0 Å². The standard InChI is InChI=1S/C18H22ClN3O2/c1-2-24-18-14(4-3-5-16(18)19)12-17(23)21-9-6-15(7-10-21)22-11-8-20-13-22/h3-5,8,11,13,15H,2,6-7,9-10,12H2,1H3. The van der Waals surface area contributed by atoms with Crippen molar-refractivity contribution in [2.24, 2.45) is 0 Å². The van der Waals surface area contributed by atoms with E-state index < -0.39 is 0 Å². The van der Waals surface area contributed by atoms with Crippen LogP contribution < -0.4 is 4.74 Å². The molecule has 0 bridgehead atoms. The fourth-order valence-corrected chi connectivity index (χ4v) is 3.42. The molecule has 1 aliphatic heterocycles. The quantitative estimate of drug-likeness (QED) is 0.833. The number of nitrogens with zero attached hydrogens (tertiary/aromatic N) is 3. The largest absolute Gasteiger partial charge is 0.492 e.